The molecule has 5 rings (SSSR count). The number of carbonyl (C=O) groups excluding carboxylic acids is 1. The van der Waals surface area contributed by atoms with Crippen molar-refractivity contribution in [3.8, 4) is 0 Å². The summed E-state index contributed by atoms with van der Waals surface area (Å²) < 4.78 is 27.8. The fourth-order valence-corrected chi connectivity index (χ4v) is 5.24. The van der Waals surface area contributed by atoms with Gasteiger partial charge in [-0.1, -0.05) is 11.6 Å². The van der Waals surface area contributed by atoms with Crippen molar-refractivity contribution in [2.75, 3.05) is 5.32 Å². The Morgan fingerprint density at radius 2 is 1.90 bits per heavy atom. The van der Waals surface area contributed by atoms with Crippen LogP contribution in [0.15, 0.2) is 48.7 Å². The number of nitrogens with one attached hydrogen (secondary N) is 1. The van der Waals surface area contributed by atoms with Gasteiger partial charge in [0.25, 0.3) is 0 Å². The Balaban J connectivity index is 1.27. The summed E-state index contributed by atoms with van der Waals surface area (Å²) in [6.07, 6.45) is 6.42. The number of rotatable bonds is 3. The summed E-state index contributed by atoms with van der Waals surface area (Å²) in [5, 5.41) is 3.90. The first-order valence-corrected chi connectivity index (χ1v) is 10.6. The molecule has 30 heavy (non-hydrogen) atoms. The van der Waals surface area contributed by atoms with Crippen LogP contribution in [0, 0.1) is 23.0 Å². The van der Waals surface area contributed by atoms with Gasteiger partial charge < -0.3 is 5.32 Å². The summed E-state index contributed by atoms with van der Waals surface area (Å²) in [4.78, 5) is 17.0. The van der Waals surface area contributed by atoms with Gasteiger partial charge in [-0.15, -0.1) is 0 Å². The number of anilines is 1. The predicted molar refractivity (Wildman–Crippen MR) is 113 cm³/mol. The summed E-state index contributed by atoms with van der Waals surface area (Å²) in [5.41, 5.74) is 2.13. The van der Waals surface area contributed by atoms with Crippen LogP contribution in [0.3, 0.4) is 0 Å². The van der Waals surface area contributed by atoms with Crippen molar-refractivity contribution in [2.24, 2.45) is 11.3 Å². The topological polar surface area (TPSA) is 42.0 Å². The summed E-state index contributed by atoms with van der Waals surface area (Å²) in [7, 11) is 0. The van der Waals surface area contributed by atoms with Crippen LogP contribution in [-0.2, 0) is 4.79 Å². The van der Waals surface area contributed by atoms with Crippen LogP contribution in [0.1, 0.15) is 43.6 Å². The average Bonchev–Trinajstić information content (AvgIpc) is 3.44. The summed E-state index contributed by atoms with van der Waals surface area (Å²) in [5.74, 6) is -0.643. The highest BCUT2D eigenvalue weighted by molar-refractivity contribution is 6.30. The maximum Gasteiger partial charge on any atom is 0.228 e. The van der Waals surface area contributed by atoms with Crippen molar-refractivity contribution in [3.63, 3.8) is 0 Å². The average molecular weight is 427 g/mol. The van der Waals surface area contributed by atoms with Gasteiger partial charge in [-0.2, -0.15) is 0 Å². The van der Waals surface area contributed by atoms with Crippen molar-refractivity contribution in [3.05, 3.63) is 70.9 Å². The third-order valence-electron chi connectivity index (χ3n) is 6.85. The zero-order valence-electron chi connectivity index (χ0n) is 16.3. The van der Waals surface area contributed by atoms with E-state index in [4.69, 9.17) is 11.6 Å². The second-order valence-corrected chi connectivity index (χ2v) is 9.00. The molecule has 2 fully saturated rings. The normalized spacial score (nSPS) is 25.4. The molecule has 2 aliphatic rings. The molecule has 1 heterocycles. The molecule has 1 spiro atoms. The molecule has 0 unspecified atom stereocenters. The van der Waals surface area contributed by atoms with Gasteiger partial charge in [-0.05, 0) is 91.5 Å². The Labute approximate surface area is 178 Å². The van der Waals surface area contributed by atoms with E-state index in [0.717, 1.165) is 48.6 Å². The van der Waals surface area contributed by atoms with Gasteiger partial charge in [0, 0.05) is 22.5 Å². The number of pyridine rings is 1. The third-order valence-corrected chi connectivity index (χ3v) is 7.09. The number of hydrogen-bond acceptors (Lipinski definition) is 2. The number of aromatic nitrogens is 1. The lowest BCUT2D eigenvalue weighted by molar-refractivity contribution is -0.118. The molecular weight excluding hydrogens is 406 g/mol. The zero-order valence-corrected chi connectivity index (χ0v) is 17.1. The monoisotopic (exact) mass is 426 g/mol. The van der Waals surface area contributed by atoms with Crippen LogP contribution in [-0.4, -0.2) is 10.9 Å². The molecule has 1 amide bonds. The lowest BCUT2D eigenvalue weighted by Crippen LogP contribution is -2.23. The van der Waals surface area contributed by atoms with E-state index in [-0.39, 0.29) is 28.7 Å². The Hall–Kier alpha value is -2.53. The maximum atomic E-state index is 14.0. The predicted octanol–water partition coefficient (Wildman–Crippen LogP) is 6.47. The molecule has 0 bridgehead atoms. The molecule has 0 aliphatic heterocycles. The van der Waals surface area contributed by atoms with Gasteiger partial charge in [-0.3, -0.25) is 9.78 Å². The van der Waals surface area contributed by atoms with Crippen molar-refractivity contribution in [2.45, 2.75) is 38.0 Å². The number of benzene rings is 2. The summed E-state index contributed by atoms with van der Waals surface area (Å²) in [6, 6.07) is 11.0. The number of halogens is 3. The SMILES string of the molecule is O=C(Nc1ccc(Cl)cc1F)[C@H]1CC12CCC(c1ccnc3ccc(F)cc13)CC2. The molecule has 1 N–H and O–H groups in total. The highest BCUT2D eigenvalue weighted by Crippen LogP contribution is 2.63. The number of carbonyl (C=O) groups is 1. The van der Waals surface area contributed by atoms with Gasteiger partial charge in [0.2, 0.25) is 5.91 Å². The highest BCUT2D eigenvalue weighted by atomic mass is 35.5. The van der Waals surface area contributed by atoms with Gasteiger partial charge in [0.05, 0.1) is 11.2 Å². The van der Waals surface area contributed by atoms with E-state index in [1.807, 2.05) is 6.07 Å². The molecule has 3 aromatic rings. The lowest BCUT2D eigenvalue weighted by atomic mass is 9.75. The zero-order chi connectivity index (χ0) is 20.9. The first-order chi connectivity index (χ1) is 14.4. The van der Waals surface area contributed by atoms with E-state index in [1.165, 1.54) is 18.2 Å². The first-order valence-electron chi connectivity index (χ1n) is 10.3. The largest absolute Gasteiger partial charge is 0.323 e. The second-order valence-electron chi connectivity index (χ2n) is 8.57. The van der Waals surface area contributed by atoms with Gasteiger partial charge in [0.1, 0.15) is 11.6 Å². The van der Waals surface area contributed by atoms with Gasteiger partial charge >= 0.3 is 0 Å². The molecule has 2 saturated carbocycles. The molecule has 154 valence electrons. The lowest BCUT2D eigenvalue weighted by Gasteiger charge is -2.30. The Morgan fingerprint density at radius 1 is 1.10 bits per heavy atom. The number of hydrogen-bond donors (Lipinski definition) is 1. The van der Waals surface area contributed by atoms with E-state index in [2.05, 4.69) is 10.3 Å². The van der Waals surface area contributed by atoms with Crippen LogP contribution in [0.25, 0.3) is 10.9 Å². The molecule has 2 aromatic carbocycles. The van der Waals surface area contributed by atoms with Crippen molar-refractivity contribution in [1.82, 2.24) is 4.98 Å². The quantitative estimate of drug-likeness (QED) is 0.521. The number of fused-ring (bicyclic) bond motifs is 1. The van der Waals surface area contributed by atoms with Gasteiger partial charge in [0.15, 0.2) is 0 Å². The molecule has 2 aliphatic carbocycles. The summed E-state index contributed by atoms with van der Waals surface area (Å²) in [6.45, 7) is 0. The molecular formula is C24H21ClF2N2O. The smallest absolute Gasteiger partial charge is 0.228 e. The number of amides is 1. The molecule has 0 radical (unpaired) electrons. The van der Waals surface area contributed by atoms with E-state index < -0.39 is 5.82 Å². The first kappa shape index (κ1) is 19.4. The van der Waals surface area contributed by atoms with E-state index in [9.17, 15) is 13.6 Å². The molecule has 1 aromatic heterocycles. The minimum Gasteiger partial charge on any atom is -0.323 e. The van der Waals surface area contributed by atoms with Crippen molar-refractivity contribution < 1.29 is 13.6 Å². The summed E-state index contributed by atoms with van der Waals surface area (Å²) >= 11 is 5.78. The molecule has 6 heteroatoms. The minimum atomic E-state index is -0.522. The second kappa shape index (κ2) is 7.31. The minimum absolute atomic E-state index is 0.0115. The Kier molecular flexibility index (Phi) is 4.73. The van der Waals surface area contributed by atoms with Crippen LogP contribution < -0.4 is 5.32 Å². The van der Waals surface area contributed by atoms with Crippen LogP contribution >= 0.6 is 11.6 Å². The van der Waals surface area contributed by atoms with E-state index >= 15 is 0 Å². The molecule has 0 saturated heterocycles. The Bertz CT molecular complexity index is 1140. The standard InChI is InChI=1S/C24H21ClF2N2O/c25-15-1-3-22(20(27)11-15)29-23(30)19-13-24(19)8-5-14(6-9-24)17-7-10-28-21-4-2-16(26)12-18(17)21/h1-4,7,10-12,14,19H,5-6,8-9,13H2,(H,29,30)/t14?,19-,24?/m1/s1. The van der Waals surface area contributed by atoms with E-state index in [0.29, 0.717) is 10.9 Å². The maximum absolute atomic E-state index is 14.0. The molecule has 1 atom stereocenters. The number of nitrogens with zero attached hydrogens (tertiary/aromatic N) is 1. The fraction of sp³-hybridized carbons (Fsp3) is 0.333. The van der Waals surface area contributed by atoms with Crippen LogP contribution in [0.5, 0.6) is 0 Å². The third kappa shape index (κ3) is 3.45. The molecule has 3 nitrogen and oxygen atoms in total. The fourth-order valence-electron chi connectivity index (χ4n) is 5.08. The van der Waals surface area contributed by atoms with Crippen molar-refractivity contribution in [1.29, 1.82) is 0 Å². The Morgan fingerprint density at radius 3 is 2.67 bits per heavy atom. The van der Waals surface area contributed by atoms with Crippen LogP contribution in [0.2, 0.25) is 5.02 Å². The van der Waals surface area contributed by atoms with Gasteiger partial charge in [-0.25, -0.2) is 8.78 Å². The van der Waals surface area contributed by atoms with Crippen molar-refractivity contribution >= 4 is 34.1 Å². The van der Waals surface area contributed by atoms with Crippen LogP contribution in [0.4, 0.5) is 14.5 Å². The van der Waals surface area contributed by atoms with E-state index in [1.54, 1.807) is 24.4 Å². The highest BCUT2D eigenvalue weighted by Gasteiger charge is 2.58.